The van der Waals surface area contributed by atoms with Gasteiger partial charge in [-0.1, -0.05) is 23.4 Å². The van der Waals surface area contributed by atoms with E-state index >= 15 is 0 Å². The predicted octanol–water partition coefficient (Wildman–Crippen LogP) is 3.77. The summed E-state index contributed by atoms with van der Waals surface area (Å²) in [6, 6.07) is 11.0. The van der Waals surface area contributed by atoms with E-state index in [1.54, 1.807) is 30.3 Å². The number of rotatable bonds is 6. The van der Waals surface area contributed by atoms with Crippen LogP contribution in [0, 0.1) is 0 Å². The van der Waals surface area contributed by atoms with Crippen molar-refractivity contribution in [3.63, 3.8) is 0 Å². The summed E-state index contributed by atoms with van der Waals surface area (Å²) in [5, 5.41) is 31.4. The lowest BCUT2D eigenvalue weighted by atomic mass is 10.1. The summed E-state index contributed by atoms with van der Waals surface area (Å²) >= 11 is 0. The van der Waals surface area contributed by atoms with E-state index in [1.807, 2.05) is 13.8 Å². The first-order valence-electron chi connectivity index (χ1n) is 7.65. The molecule has 0 spiro atoms. The maximum Gasteiger partial charge on any atom is 0.335 e. The maximum atomic E-state index is 11.1. The smallest absolute Gasteiger partial charge is 0.335 e. The Morgan fingerprint density at radius 1 is 1.20 bits per heavy atom. The van der Waals surface area contributed by atoms with Crippen LogP contribution in [0.15, 0.2) is 53.7 Å². The van der Waals surface area contributed by atoms with Crippen molar-refractivity contribution in [2.75, 3.05) is 0 Å². The summed E-state index contributed by atoms with van der Waals surface area (Å²) in [5.41, 5.74) is 1.27. The fourth-order valence-electron chi connectivity index (χ4n) is 2.20. The molecule has 6 heteroatoms. The molecular weight excluding hydrogens is 322 g/mol. The second-order valence-corrected chi connectivity index (χ2v) is 5.56. The van der Waals surface area contributed by atoms with Gasteiger partial charge in [0.05, 0.1) is 11.7 Å². The number of carboxylic acids is 1. The van der Waals surface area contributed by atoms with Crippen LogP contribution in [0.25, 0.3) is 6.08 Å². The highest BCUT2D eigenvalue weighted by atomic mass is 16.5. The molecule has 0 unspecified atom stereocenters. The number of oxime groups is 1. The molecule has 130 valence electrons. The second-order valence-electron chi connectivity index (χ2n) is 5.56. The summed E-state index contributed by atoms with van der Waals surface area (Å²) in [6.45, 7) is 3.67. The number of allylic oxidation sites excluding steroid dienone is 1. The molecule has 0 aliphatic carbocycles. The molecule has 25 heavy (non-hydrogen) atoms. The van der Waals surface area contributed by atoms with Gasteiger partial charge < -0.3 is 20.2 Å². The Hall–Kier alpha value is -3.28. The fourth-order valence-corrected chi connectivity index (χ4v) is 2.20. The first-order chi connectivity index (χ1) is 11.9. The molecule has 0 radical (unpaired) electrons. The highest BCUT2D eigenvalue weighted by Crippen LogP contribution is 2.24. The van der Waals surface area contributed by atoms with Gasteiger partial charge in [-0.3, -0.25) is 0 Å². The van der Waals surface area contributed by atoms with Gasteiger partial charge in [-0.25, -0.2) is 4.79 Å². The zero-order chi connectivity index (χ0) is 18.4. The van der Waals surface area contributed by atoms with Gasteiger partial charge >= 0.3 is 5.97 Å². The third-order valence-electron chi connectivity index (χ3n) is 3.33. The molecule has 2 aromatic rings. The molecule has 0 heterocycles. The Labute approximate surface area is 145 Å². The minimum atomic E-state index is -1.05. The molecule has 0 aliphatic rings. The largest absolute Gasteiger partial charge is 0.507 e. The number of nitrogens with zero attached hydrogens (tertiary/aromatic N) is 1. The van der Waals surface area contributed by atoms with Crippen LogP contribution in [0.4, 0.5) is 0 Å². The number of carbonyl (C=O) groups is 1. The average molecular weight is 341 g/mol. The molecule has 0 bridgehead atoms. The molecule has 0 fully saturated rings. The van der Waals surface area contributed by atoms with Crippen molar-refractivity contribution >= 4 is 17.8 Å². The van der Waals surface area contributed by atoms with Gasteiger partial charge in [-0.2, -0.15) is 0 Å². The van der Waals surface area contributed by atoms with E-state index in [1.165, 1.54) is 24.3 Å². The maximum absolute atomic E-state index is 11.1. The first kappa shape index (κ1) is 18.1. The van der Waals surface area contributed by atoms with Crippen molar-refractivity contribution in [2.24, 2.45) is 5.16 Å². The number of aromatic carboxylic acids is 1. The molecule has 0 amide bonds. The van der Waals surface area contributed by atoms with Gasteiger partial charge in [0.25, 0.3) is 0 Å². The highest BCUT2D eigenvalue weighted by molar-refractivity contribution is 6.12. The summed E-state index contributed by atoms with van der Waals surface area (Å²) in [7, 11) is 0. The van der Waals surface area contributed by atoms with Crippen LogP contribution in [-0.4, -0.2) is 33.2 Å². The van der Waals surface area contributed by atoms with E-state index in [2.05, 4.69) is 5.16 Å². The van der Waals surface area contributed by atoms with Crippen molar-refractivity contribution in [1.29, 1.82) is 0 Å². The van der Waals surface area contributed by atoms with E-state index in [9.17, 15) is 15.1 Å². The molecule has 0 atom stereocenters. The number of hydrogen-bond acceptors (Lipinski definition) is 5. The summed E-state index contributed by atoms with van der Waals surface area (Å²) < 4.78 is 5.67. The number of carboxylic acid groups (broad SMARTS) is 1. The van der Waals surface area contributed by atoms with Crippen molar-refractivity contribution in [1.82, 2.24) is 0 Å². The Bertz CT molecular complexity index is 824. The standard InChI is InChI=1S/C19H19NO5/c1-12(2)25-18-11-14(19(22)23)8-7-13(18)9-10-16(20-24)15-5-3-4-6-17(15)21/h3-12,21,24H,1-2H3,(H,22,23)/b10-9+,20-16+. The van der Waals surface area contributed by atoms with Gasteiger partial charge in [0, 0.05) is 11.1 Å². The molecular formula is C19H19NO5. The van der Waals surface area contributed by atoms with Crippen molar-refractivity contribution in [3.8, 4) is 11.5 Å². The van der Waals surface area contributed by atoms with E-state index in [-0.39, 0.29) is 23.1 Å². The lowest BCUT2D eigenvalue weighted by Gasteiger charge is -2.13. The van der Waals surface area contributed by atoms with E-state index in [0.717, 1.165) is 0 Å². The molecule has 6 nitrogen and oxygen atoms in total. The molecule has 0 saturated carbocycles. The zero-order valence-corrected chi connectivity index (χ0v) is 13.9. The number of phenolic OH excluding ortho intramolecular Hbond substituents is 1. The normalized spacial score (nSPS) is 11.9. The average Bonchev–Trinajstić information content (AvgIpc) is 2.57. The second kappa shape index (κ2) is 8.01. The number of phenols is 1. The lowest BCUT2D eigenvalue weighted by Crippen LogP contribution is -2.08. The summed E-state index contributed by atoms with van der Waals surface area (Å²) in [5.74, 6) is -0.656. The third kappa shape index (κ3) is 4.60. The minimum Gasteiger partial charge on any atom is -0.507 e. The summed E-state index contributed by atoms with van der Waals surface area (Å²) in [6.07, 6.45) is 3.00. The minimum absolute atomic E-state index is 0.0140. The number of aromatic hydroxyl groups is 1. The lowest BCUT2D eigenvalue weighted by molar-refractivity contribution is 0.0696. The number of hydrogen-bond donors (Lipinski definition) is 3. The van der Waals surface area contributed by atoms with Crippen LogP contribution < -0.4 is 4.74 Å². The van der Waals surface area contributed by atoms with Crippen molar-refractivity contribution in [2.45, 2.75) is 20.0 Å². The molecule has 0 saturated heterocycles. The number of para-hydroxylation sites is 1. The third-order valence-corrected chi connectivity index (χ3v) is 3.33. The predicted molar refractivity (Wildman–Crippen MR) is 94.6 cm³/mol. The Balaban J connectivity index is 2.39. The van der Waals surface area contributed by atoms with Gasteiger partial charge in [-0.15, -0.1) is 0 Å². The van der Waals surface area contributed by atoms with E-state index < -0.39 is 5.97 Å². The topological polar surface area (TPSA) is 99.4 Å². The molecule has 3 N–H and O–H groups in total. The van der Waals surface area contributed by atoms with Crippen LogP contribution in [0.5, 0.6) is 11.5 Å². The van der Waals surface area contributed by atoms with E-state index in [4.69, 9.17) is 9.84 Å². The van der Waals surface area contributed by atoms with Crippen LogP contribution >= 0.6 is 0 Å². The van der Waals surface area contributed by atoms with Gasteiger partial charge in [0.15, 0.2) is 0 Å². The Kier molecular flexibility index (Phi) is 5.79. The highest BCUT2D eigenvalue weighted by Gasteiger charge is 2.11. The molecule has 0 aromatic heterocycles. The fraction of sp³-hybridized carbons (Fsp3) is 0.158. The van der Waals surface area contributed by atoms with Crippen LogP contribution in [-0.2, 0) is 0 Å². The monoisotopic (exact) mass is 341 g/mol. The van der Waals surface area contributed by atoms with Crippen LogP contribution in [0.2, 0.25) is 0 Å². The van der Waals surface area contributed by atoms with Crippen LogP contribution in [0.3, 0.4) is 0 Å². The number of benzene rings is 2. The van der Waals surface area contributed by atoms with Crippen LogP contribution in [0.1, 0.15) is 35.3 Å². The van der Waals surface area contributed by atoms with E-state index in [0.29, 0.717) is 16.9 Å². The SMILES string of the molecule is CC(C)Oc1cc(C(=O)O)ccc1/C=C/C(=N\O)c1ccccc1O. The van der Waals surface area contributed by atoms with Gasteiger partial charge in [0.1, 0.15) is 17.2 Å². The Morgan fingerprint density at radius 3 is 2.52 bits per heavy atom. The van der Waals surface area contributed by atoms with Gasteiger partial charge in [-0.05, 0) is 50.3 Å². The van der Waals surface area contributed by atoms with Crippen molar-refractivity contribution < 1.29 is 25.0 Å². The summed E-state index contributed by atoms with van der Waals surface area (Å²) in [4.78, 5) is 11.1. The van der Waals surface area contributed by atoms with Gasteiger partial charge in [0.2, 0.25) is 0 Å². The van der Waals surface area contributed by atoms with Crippen molar-refractivity contribution in [3.05, 3.63) is 65.2 Å². The molecule has 0 aliphatic heterocycles. The molecule has 2 aromatic carbocycles. The Morgan fingerprint density at radius 2 is 1.92 bits per heavy atom. The zero-order valence-electron chi connectivity index (χ0n) is 13.9. The quantitative estimate of drug-likeness (QED) is 0.422. The molecule has 2 rings (SSSR count). The first-order valence-corrected chi connectivity index (χ1v) is 7.65. The number of ether oxygens (including phenoxy) is 1.